The molecule has 4 nitrogen and oxygen atoms in total. The Morgan fingerprint density at radius 2 is 1.77 bits per heavy atom. The van der Waals surface area contributed by atoms with Crippen LogP contribution in [-0.2, 0) is 0 Å². The fourth-order valence-corrected chi connectivity index (χ4v) is 1.92. The SMILES string of the molecule is O=C(NCC(O)c1ccc(F)cc1)Nc1cc(F)ccc1Cl. The van der Waals surface area contributed by atoms with Gasteiger partial charge in [0.25, 0.3) is 0 Å². The molecule has 1 atom stereocenters. The summed E-state index contributed by atoms with van der Waals surface area (Å²) >= 11 is 5.82. The first-order valence-corrected chi connectivity index (χ1v) is 6.77. The summed E-state index contributed by atoms with van der Waals surface area (Å²) in [6, 6.07) is 8.19. The lowest BCUT2D eigenvalue weighted by molar-refractivity contribution is 0.175. The van der Waals surface area contributed by atoms with Crippen LogP contribution in [0.4, 0.5) is 19.3 Å². The fraction of sp³-hybridized carbons (Fsp3) is 0.133. The summed E-state index contributed by atoms with van der Waals surface area (Å²) in [5, 5.41) is 14.9. The van der Waals surface area contributed by atoms with Gasteiger partial charge in [0, 0.05) is 6.54 Å². The highest BCUT2D eigenvalue weighted by Crippen LogP contribution is 2.22. The van der Waals surface area contributed by atoms with Crippen LogP contribution >= 0.6 is 11.6 Å². The summed E-state index contributed by atoms with van der Waals surface area (Å²) in [5.74, 6) is -0.951. The zero-order chi connectivity index (χ0) is 16.1. The third kappa shape index (κ3) is 4.41. The Hall–Kier alpha value is -2.18. The quantitative estimate of drug-likeness (QED) is 0.805. The van der Waals surface area contributed by atoms with Gasteiger partial charge in [-0.25, -0.2) is 13.6 Å². The molecule has 0 aliphatic rings. The van der Waals surface area contributed by atoms with E-state index in [-0.39, 0.29) is 17.3 Å². The van der Waals surface area contributed by atoms with Crippen molar-refractivity contribution in [2.75, 3.05) is 11.9 Å². The largest absolute Gasteiger partial charge is 0.387 e. The van der Waals surface area contributed by atoms with Gasteiger partial charge in [-0.1, -0.05) is 23.7 Å². The second-order valence-electron chi connectivity index (χ2n) is 4.53. The predicted octanol–water partition coefficient (Wildman–Crippen LogP) is 3.47. The number of nitrogens with one attached hydrogen (secondary N) is 2. The molecule has 7 heteroatoms. The summed E-state index contributed by atoms with van der Waals surface area (Å²) in [5.41, 5.74) is 0.584. The molecule has 0 aliphatic heterocycles. The minimum absolute atomic E-state index is 0.0929. The van der Waals surface area contributed by atoms with Crippen molar-refractivity contribution in [1.82, 2.24) is 5.32 Å². The van der Waals surface area contributed by atoms with E-state index in [4.69, 9.17) is 11.6 Å². The number of rotatable bonds is 4. The first kappa shape index (κ1) is 16.2. The maximum Gasteiger partial charge on any atom is 0.319 e. The van der Waals surface area contributed by atoms with E-state index in [0.717, 1.165) is 6.07 Å². The van der Waals surface area contributed by atoms with Crippen molar-refractivity contribution in [3.05, 3.63) is 64.7 Å². The predicted molar refractivity (Wildman–Crippen MR) is 79.8 cm³/mol. The highest BCUT2D eigenvalue weighted by Gasteiger charge is 2.11. The topological polar surface area (TPSA) is 61.4 Å². The van der Waals surface area contributed by atoms with Crippen LogP contribution < -0.4 is 10.6 Å². The van der Waals surface area contributed by atoms with Gasteiger partial charge in [-0.2, -0.15) is 0 Å². The van der Waals surface area contributed by atoms with Gasteiger partial charge in [0.15, 0.2) is 0 Å². The molecule has 0 bridgehead atoms. The summed E-state index contributed by atoms with van der Waals surface area (Å²) in [6.07, 6.45) is -0.991. The van der Waals surface area contributed by atoms with E-state index in [1.165, 1.54) is 36.4 Å². The first-order chi connectivity index (χ1) is 10.5. The Labute approximate surface area is 130 Å². The van der Waals surface area contributed by atoms with E-state index in [2.05, 4.69) is 10.6 Å². The number of urea groups is 1. The number of aliphatic hydroxyl groups is 1. The van der Waals surface area contributed by atoms with E-state index < -0.39 is 23.8 Å². The second-order valence-corrected chi connectivity index (χ2v) is 4.93. The smallest absolute Gasteiger partial charge is 0.319 e. The third-order valence-electron chi connectivity index (χ3n) is 2.89. The number of hydrogen-bond donors (Lipinski definition) is 3. The van der Waals surface area contributed by atoms with Crippen molar-refractivity contribution in [3.63, 3.8) is 0 Å². The average molecular weight is 327 g/mol. The highest BCUT2D eigenvalue weighted by atomic mass is 35.5. The standard InChI is InChI=1S/C15H13ClF2N2O2/c16-12-6-5-11(18)7-13(12)20-15(22)19-8-14(21)9-1-3-10(17)4-2-9/h1-7,14,21H,8H2,(H2,19,20,22). The monoisotopic (exact) mass is 326 g/mol. The minimum atomic E-state index is -0.991. The molecule has 0 aromatic heterocycles. The Morgan fingerprint density at radius 1 is 1.14 bits per heavy atom. The molecule has 2 rings (SSSR count). The molecule has 0 radical (unpaired) electrons. The molecule has 116 valence electrons. The van der Waals surface area contributed by atoms with Gasteiger partial charge in [0.05, 0.1) is 16.8 Å². The maximum atomic E-state index is 13.1. The first-order valence-electron chi connectivity index (χ1n) is 6.39. The van der Waals surface area contributed by atoms with Crippen molar-refractivity contribution in [2.24, 2.45) is 0 Å². The van der Waals surface area contributed by atoms with Crippen molar-refractivity contribution in [1.29, 1.82) is 0 Å². The lowest BCUT2D eigenvalue weighted by Crippen LogP contribution is -2.32. The number of carbonyl (C=O) groups is 1. The van der Waals surface area contributed by atoms with Gasteiger partial charge in [0.2, 0.25) is 0 Å². The number of benzene rings is 2. The number of anilines is 1. The second kappa shape index (κ2) is 7.20. The van der Waals surface area contributed by atoms with Crippen LogP contribution in [0.15, 0.2) is 42.5 Å². The fourth-order valence-electron chi connectivity index (χ4n) is 1.75. The minimum Gasteiger partial charge on any atom is -0.387 e. The van der Waals surface area contributed by atoms with Gasteiger partial charge in [0.1, 0.15) is 11.6 Å². The van der Waals surface area contributed by atoms with Gasteiger partial charge >= 0.3 is 6.03 Å². The zero-order valence-corrected chi connectivity index (χ0v) is 12.1. The molecule has 22 heavy (non-hydrogen) atoms. The molecule has 0 spiro atoms. The average Bonchev–Trinajstić information content (AvgIpc) is 2.49. The molecule has 0 saturated heterocycles. The lowest BCUT2D eigenvalue weighted by Gasteiger charge is -2.13. The summed E-state index contributed by atoms with van der Waals surface area (Å²) in [7, 11) is 0. The van der Waals surface area contributed by atoms with Crippen LogP contribution in [0.5, 0.6) is 0 Å². The molecular weight excluding hydrogens is 314 g/mol. The van der Waals surface area contributed by atoms with Crippen LogP contribution in [0, 0.1) is 11.6 Å². The maximum absolute atomic E-state index is 13.1. The Morgan fingerprint density at radius 3 is 2.45 bits per heavy atom. The van der Waals surface area contributed by atoms with Gasteiger partial charge in [-0.15, -0.1) is 0 Å². The molecule has 2 aromatic rings. The molecule has 0 saturated carbocycles. The van der Waals surface area contributed by atoms with Crippen LogP contribution in [0.1, 0.15) is 11.7 Å². The van der Waals surface area contributed by atoms with E-state index in [9.17, 15) is 18.7 Å². The Kier molecular flexibility index (Phi) is 5.30. The summed E-state index contributed by atoms with van der Waals surface area (Å²) in [4.78, 5) is 11.7. The van der Waals surface area contributed by atoms with Crippen molar-refractivity contribution in [2.45, 2.75) is 6.10 Å². The van der Waals surface area contributed by atoms with Crippen LogP contribution in [0.25, 0.3) is 0 Å². The van der Waals surface area contributed by atoms with Crippen LogP contribution in [0.2, 0.25) is 5.02 Å². The van der Waals surface area contributed by atoms with Gasteiger partial charge in [-0.05, 0) is 35.9 Å². The normalized spacial score (nSPS) is 11.8. The van der Waals surface area contributed by atoms with Crippen LogP contribution in [0.3, 0.4) is 0 Å². The summed E-state index contributed by atoms with van der Waals surface area (Å²) in [6.45, 7) is -0.0929. The highest BCUT2D eigenvalue weighted by molar-refractivity contribution is 6.33. The molecule has 3 N–H and O–H groups in total. The zero-order valence-electron chi connectivity index (χ0n) is 11.3. The van der Waals surface area contributed by atoms with Crippen molar-refractivity contribution >= 4 is 23.3 Å². The van der Waals surface area contributed by atoms with Crippen molar-refractivity contribution < 1.29 is 18.7 Å². The van der Waals surface area contributed by atoms with Crippen molar-refractivity contribution in [3.8, 4) is 0 Å². The van der Waals surface area contributed by atoms with Gasteiger partial charge < -0.3 is 15.7 Å². The lowest BCUT2D eigenvalue weighted by atomic mass is 10.1. The summed E-state index contributed by atoms with van der Waals surface area (Å²) < 4.78 is 25.8. The van der Waals surface area contributed by atoms with E-state index in [1.54, 1.807) is 0 Å². The molecule has 2 aromatic carbocycles. The molecule has 2 amide bonds. The number of halogens is 3. The molecule has 0 aliphatic carbocycles. The van der Waals surface area contributed by atoms with Crippen LogP contribution in [-0.4, -0.2) is 17.7 Å². The number of carbonyl (C=O) groups excluding carboxylic acids is 1. The number of hydrogen-bond acceptors (Lipinski definition) is 2. The molecule has 1 unspecified atom stereocenters. The molecule has 0 heterocycles. The Balaban J connectivity index is 1.89. The molecular formula is C15H13ClF2N2O2. The van der Waals surface area contributed by atoms with E-state index in [0.29, 0.717) is 5.56 Å². The van der Waals surface area contributed by atoms with E-state index in [1.807, 2.05) is 0 Å². The third-order valence-corrected chi connectivity index (χ3v) is 3.22. The van der Waals surface area contributed by atoms with Gasteiger partial charge in [-0.3, -0.25) is 0 Å². The molecule has 0 fully saturated rings. The number of aliphatic hydroxyl groups excluding tert-OH is 1. The number of amides is 2. The Bertz CT molecular complexity index is 665. The van der Waals surface area contributed by atoms with E-state index >= 15 is 0 Å².